The van der Waals surface area contributed by atoms with E-state index in [0.717, 1.165) is 26.1 Å². The second-order valence-corrected chi connectivity index (χ2v) is 7.85. The van der Waals surface area contributed by atoms with Gasteiger partial charge in [0.25, 0.3) is 0 Å². The van der Waals surface area contributed by atoms with Gasteiger partial charge in [-0.05, 0) is 39.3 Å². The molecule has 3 N–H and O–H groups in total. The van der Waals surface area contributed by atoms with E-state index >= 15 is 0 Å². The molecule has 0 saturated heterocycles. The van der Waals surface area contributed by atoms with Gasteiger partial charge in [0.15, 0.2) is 5.96 Å². The SMILES string of the molecule is CCNC(=NCCCN(CC)c1ccccc1)NCCNS(=O)(=O)CC. The van der Waals surface area contributed by atoms with Crippen LogP contribution >= 0.6 is 0 Å². The summed E-state index contributed by atoms with van der Waals surface area (Å²) in [5.74, 6) is 0.808. The molecule has 1 rings (SSSR count). The Kier molecular flexibility index (Phi) is 10.7. The molecule has 0 aliphatic carbocycles. The molecule has 0 amide bonds. The van der Waals surface area contributed by atoms with Crippen molar-refractivity contribution in [2.45, 2.75) is 27.2 Å². The molecule has 0 saturated carbocycles. The zero-order chi connectivity index (χ0) is 19.3. The van der Waals surface area contributed by atoms with Crippen molar-refractivity contribution in [1.82, 2.24) is 15.4 Å². The number of anilines is 1. The van der Waals surface area contributed by atoms with Crippen molar-refractivity contribution in [1.29, 1.82) is 0 Å². The molecule has 0 bridgehead atoms. The number of guanidine groups is 1. The molecule has 148 valence electrons. The van der Waals surface area contributed by atoms with Crippen LogP contribution in [0.2, 0.25) is 0 Å². The Morgan fingerprint density at radius 2 is 1.81 bits per heavy atom. The van der Waals surface area contributed by atoms with Crippen LogP contribution in [0.25, 0.3) is 0 Å². The van der Waals surface area contributed by atoms with E-state index in [1.165, 1.54) is 5.69 Å². The number of hydrogen-bond acceptors (Lipinski definition) is 4. The van der Waals surface area contributed by atoms with Crippen LogP contribution in [-0.2, 0) is 10.0 Å². The molecule has 8 heteroatoms. The van der Waals surface area contributed by atoms with Crippen LogP contribution in [0.3, 0.4) is 0 Å². The first-order valence-electron chi connectivity index (χ1n) is 9.31. The maximum absolute atomic E-state index is 11.4. The molecular weight excluding hydrogens is 350 g/mol. The summed E-state index contributed by atoms with van der Waals surface area (Å²) in [6.45, 7) is 10.00. The highest BCUT2D eigenvalue weighted by molar-refractivity contribution is 7.89. The number of rotatable bonds is 12. The minimum absolute atomic E-state index is 0.0937. The highest BCUT2D eigenvalue weighted by Crippen LogP contribution is 2.12. The molecule has 0 aromatic heterocycles. The number of nitrogens with one attached hydrogen (secondary N) is 3. The summed E-state index contributed by atoms with van der Waals surface area (Å²) in [5.41, 5.74) is 1.23. The summed E-state index contributed by atoms with van der Waals surface area (Å²) in [4.78, 5) is 6.89. The molecule has 1 aromatic rings. The van der Waals surface area contributed by atoms with Crippen molar-refractivity contribution in [3.8, 4) is 0 Å². The van der Waals surface area contributed by atoms with Crippen molar-refractivity contribution in [2.75, 3.05) is 49.9 Å². The molecule has 0 spiro atoms. The van der Waals surface area contributed by atoms with Crippen LogP contribution in [0.15, 0.2) is 35.3 Å². The van der Waals surface area contributed by atoms with Gasteiger partial charge in [-0.2, -0.15) is 0 Å². The monoisotopic (exact) mass is 383 g/mol. The number of sulfonamides is 1. The van der Waals surface area contributed by atoms with Crippen molar-refractivity contribution in [2.24, 2.45) is 4.99 Å². The number of para-hydroxylation sites is 1. The van der Waals surface area contributed by atoms with Crippen LogP contribution in [-0.4, -0.2) is 59.4 Å². The summed E-state index contributed by atoms with van der Waals surface area (Å²) in [6, 6.07) is 10.4. The van der Waals surface area contributed by atoms with Gasteiger partial charge in [0.05, 0.1) is 5.75 Å². The number of benzene rings is 1. The number of nitrogens with zero attached hydrogens (tertiary/aromatic N) is 2. The van der Waals surface area contributed by atoms with Crippen molar-refractivity contribution in [3.63, 3.8) is 0 Å². The Bertz CT molecular complexity index is 620. The fourth-order valence-electron chi connectivity index (χ4n) is 2.39. The zero-order valence-electron chi connectivity index (χ0n) is 16.2. The zero-order valence-corrected chi connectivity index (χ0v) is 17.0. The van der Waals surface area contributed by atoms with E-state index in [-0.39, 0.29) is 5.75 Å². The summed E-state index contributed by atoms with van der Waals surface area (Å²) in [5, 5.41) is 6.33. The minimum atomic E-state index is -3.15. The largest absolute Gasteiger partial charge is 0.372 e. The summed E-state index contributed by atoms with van der Waals surface area (Å²) >= 11 is 0. The molecule has 26 heavy (non-hydrogen) atoms. The molecule has 1 aromatic carbocycles. The van der Waals surface area contributed by atoms with Gasteiger partial charge in [-0.3, -0.25) is 4.99 Å². The summed E-state index contributed by atoms with van der Waals surface area (Å²) < 4.78 is 25.3. The predicted octanol–water partition coefficient (Wildman–Crippen LogP) is 1.40. The smallest absolute Gasteiger partial charge is 0.211 e. The van der Waals surface area contributed by atoms with Gasteiger partial charge in [-0.15, -0.1) is 0 Å². The van der Waals surface area contributed by atoms with Crippen molar-refractivity contribution < 1.29 is 8.42 Å². The van der Waals surface area contributed by atoms with Gasteiger partial charge in [-0.1, -0.05) is 18.2 Å². The lowest BCUT2D eigenvalue weighted by molar-refractivity contribution is 0.581. The Balaban J connectivity index is 2.38. The molecule has 0 atom stereocenters. The summed E-state index contributed by atoms with van der Waals surface area (Å²) in [7, 11) is -3.15. The van der Waals surface area contributed by atoms with Crippen LogP contribution in [0, 0.1) is 0 Å². The molecule has 0 aliphatic rings. The predicted molar refractivity (Wildman–Crippen MR) is 110 cm³/mol. The second kappa shape index (κ2) is 12.5. The quantitative estimate of drug-likeness (QED) is 0.289. The van der Waals surface area contributed by atoms with Crippen LogP contribution in [0.4, 0.5) is 5.69 Å². The van der Waals surface area contributed by atoms with E-state index in [2.05, 4.69) is 56.4 Å². The number of hydrogen-bond donors (Lipinski definition) is 3. The molecular formula is C18H33N5O2S. The van der Waals surface area contributed by atoms with Crippen LogP contribution in [0.5, 0.6) is 0 Å². The van der Waals surface area contributed by atoms with Gasteiger partial charge >= 0.3 is 0 Å². The first-order chi connectivity index (χ1) is 12.5. The first kappa shape index (κ1) is 22.2. The Morgan fingerprint density at radius 3 is 2.42 bits per heavy atom. The van der Waals surface area contributed by atoms with E-state index < -0.39 is 10.0 Å². The maximum Gasteiger partial charge on any atom is 0.211 e. The molecule has 0 fully saturated rings. The van der Waals surface area contributed by atoms with Gasteiger partial charge in [0, 0.05) is 45.0 Å². The third kappa shape index (κ3) is 9.05. The fraction of sp³-hybridized carbons (Fsp3) is 0.611. The standard InChI is InChI=1S/C18H33N5O2S/c1-4-19-18(21-14-15-22-26(24,25)6-3)20-13-10-16-23(5-2)17-11-8-7-9-12-17/h7-9,11-12,22H,4-6,10,13-16H2,1-3H3,(H2,19,20,21). The van der Waals surface area contributed by atoms with Gasteiger partial charge in [-0.25, -0.2) is 13.1 Å². The Labute approximate surface area is 158 Å². The van der Waals surface area contributed by atoms with Crippen molar-refractivity contribution in [3.05, 3.63) is 30.3 Å². The van der Waals surface area contributed by atoms with Gasteiger partial charge in [0.2, 0.25) is 10.0 Å². The van der Waals surface area contributed by atoms with E-state index in [1.54, 1.807) is 6.92 Å². The Hall–Kier alpha value is -1.80. The molecule has 0 heterocycles. The fourth-order valence-corrected chi connectivity index (χ4v) is 3.01. The minimum Gasteiger partial charge on any atom is -0.372 e. The third-order valence-corrected chi connectivity index (χ3v) is 5.23. The van der Waals surface area contributed by atoms with Gasteiger partial charge in [0.1, 0.15) is 0 Å². The molecule has 0 unspecified atom stereocenters. The lowest BCUT2D eigenvalue weighted by Gasteiger charge is -2.22. The first-order valence-corrected chi connectivity index (χ1v) is 11.0. The average Bonchev–Trinajstić information content (AvgIpc) is 2.65. The normalized spacial score (nSPS) is 12.0. The molecule has 0 radical (unpaired) electrons. The van der Waals surface area contributed by atoms with E-state index in [1.807, 2.05) is 13.0 Å². The van der Waals surface area contributed by atoms with E-state index in [9.17, 15) is 8.42 Å². The van der Waals surface area contributed by atoms with Crippen LogP contribution in [0.1, 0.15) is 27.2 Å². The maximum atomic E-state index is 11.4. The lowest BCUT2D eigenvalue weighted by Crippen LogP contribution is -2.41. The molecule has 0 aliphatic heterocycles. The number of aliphatic imine (C=N–C) groups is 1. The van der Waals surface area contributed by atoms with E-state index in [0.29, 0.717) is 25.6 Å². The second-order valence-electron chi connectivity index (χ2n) is 5.75. The average molecular weight is 384 g/mol. The third-order valence-electron chi connectivity index (χ3n) is 3.82. The summed E-state index contributed by atoms with van der Waals surface area (Å²) in [6.07, 6.45) is 0.946. The highest BCUT2D eigenvalue weighted by Gasteiger charge is 2.05. The molecule has 7 nitrogen and oxygen atoms in total. The highest BCUT2D eigenvalue weighted by atomic mass is 32.2. The Morgan fingerprint density at radius 1 is 1.08 bits per heavy atom. The van der Waals surface area contributed by atoms with Crippen LogP contribution < -0.4 is 20.3 Å². The van der Waals surface area contributed by atoms with Crippen molar-refractivity contribution >= 4 is 21.7 Å². The topological polar surface area (TPSA) is 85.8 Å². The lowest BCUT2D eigenvalue weighted by atomic mass is 10.2. The van der Waals surface area contributed by atoms with Gasteiger partial charge < -0.3 is 15.5 Å². The van der Waals surface area contributed by atoms with E-state index in [4.69, 9.17) is 0 Å².